The highest BCUT2D eigenvalue weighted by Gasteiger charge is 2.49. The lowest BCUT2D eigenvalue weighted by Crippen LogP contribution is -2.06. The molecule has 2 N–H and O–H groups in total. The van der Waals surface area contributed by atoms with Crippen molar-refractivity contribution in [2.45, 2.75) is 0 Å². The van der Waals surface area contributed by atoms with Gasteiger partial charge in [0, 0.05) is 50.6 Å². The van der Waals surface area contributed by atoms with E-state index in [-0.39, 0.29) is 0 Å². The fourth-order valence-corrected chi connectivity index (χ4v) is 11.1. The minimum atomic E-state index is -1.69. The summed E-state index contributed by atoms with van der Waals surface area (Å²) in [6.45, 7) is 0. The summed E-state index contributed by atoms with van der Waals surface area (Å²) < 4.78 is 0. The molecule has 2 aliphatic rings. The highest BCUT2D eigenvalue weighted by atomic mass is 35.5. The van der Waals surface area contributed by atoms with Gasteiger partial charge in [-0.15, -0.1) is 0 Å². The van der Waals surface area contributed by atoms with Gasteiger partial charge in [0.25, 0.3) is 5.69 Å². The third kappa shape index (κ3) is 8.63. The first-order valence-electron chi connectivity index (χ1n) is 20.6. The summed E-state index contributed by atoms with van der Waals surface area (Å²) in [5, 5.41) is 91.4. The second-order valence-corrected chi connectivity index (χ2v) is 19.0. The van der Waals surface area contributed by atoms with E-state index >= 15 is 0 Å². The molecule has 386 valence electrons. The first-order chi connectivity index (χ1) is 36.4. The van der Waals surface area contributed by atoms with Gasteiger partial charge in [0.1, 0.15) is 16.6 Å². The smallest absolute Gasteiger partial charge is 0.349 e. The van der Waals surface area contributed by atoms with Gasteiger partial charge in [0.15, 0.2) is 22.8 Å². The number of nitrogens with one attached hydrogen (secondary N) is 2. The van der Waals surface area contributed by atoms with E-state index in [0.29, 0.717) is 6.07 Å². The Morgan fingerprint density at radius 3 is 0.844 bits per heavy atom. The summed E-state index contributed by atoms with van der Waals surface area (Å²) in [6, 6.07) is 14.6. The minimum Gasteiger partial charge on any atom is -0.349 e. The molecule has 0 amide bonds. The summed E-state index contributed by atoms with van der Waals surface area (Å²) in [7, 11) is 0. The van der Waals surface area contributed by atoms with Crippen LogP contribution in [0.25, 0.3) is 89.4 Å². The summed E-state index contributed by atoms with van der Waals surface area (Å²) in [4.78, 5) is 100.0. The van der Waals surface area contributed by atoms with Crippen LogP contribution < -0.4 is 0 Å². The van der Waals surface area contributed by atoms with Crippen LogP contribution in [0.4, 0.5) is 17.1 Å². The number of nitrogens with zero attached hydrogens (tertiary/aromatic N) is 9. The standard InChI is InChI=1S/C44H15Cl8N11O14/c45-14-5-1-6-15(46)24(14)28-22-13-23(57(64)65)32(53-22)29(25-16(47)7-2-8-17(25)48)34-40(59(68)69)42(61(72)73)36(55-34)31(27-20(51)11-4-12-21(27)52)38-44(63(76)77)43(62(74)75)37(56-38)30(26-18(49)9-3-10-19(26)50)35-41(60(70)71)39(58(66)67)33(28)54-35/h1-13,53,56H. The van der Waals surface area contributed by atoms with E-state index in [9.17, 15) is 70.8 Å². The molecule has 9 rings (SSSR count). The van der Waals surface area contributed by atoms with Crippen molar-refractivity contribution in [2.75, 3.05) is 0 Å². The molecule has 25 nitrogen and oxygen atoms in total. The summed E-state index contributed by atoms with van der Waals surface area (Å²) in [6.07, 6.45) is 0. The lowest BCUT2D eigenvalue weighted by Gasteiger charge is -2.10. The number of benzene rings is 4. The lowest BCUT2D eigenvalue weighted by atomic mass is 9.99. The Balaban J connectivity index is 1.85. The Morgan fingerprint density at radius 2 is 0.584 bits per heavy atom. The zero-order chi connectivity index (χ0) is 56.0. The zero-order valence-corrected chi connectivity index (χ0v) is 42.8. The number of H-pyrrole nitrogens is 2. The molecule has 0 fully saturated rings. The SMILES string of the molecule is O=[N+]([O-])C1=C([N+](=O)[O-])c2nc1c(-c1c(Cl)cccc1Cl)c1cc([N+](=O)[O-])c([nH]1)c(-c1c(Cl)cccc1Cl)c1nc(c(-c3c(Cl)cccc3Cl)c3[nH]c(c2-c2c(Cl)cccc2Cl)c([N+](=O)[O-])c3[N+](=O)[O-])C([N+](=O)[O-])=C1[N+](=O)[O-]. The van der Waals surface area contributed by atoms with Crippen molar-refractivity contribution in [2.24, 2.45) is 0 Å². The summed E-state index contributed by atoms with van der Waals surface area (Å²) in [5.41, 5.74) is -26.5. The number of hydrogen-bond donors (Lipinski definition) is 2. The van der Waals surface area contributed by atoms with Crippen LogP contribution in [-0.2, 0) is 0 Å². The van der Waals surface area contributed by atoms with E-state index < -0.39 is 204 Å². The second-order valence-electron chi connectivity index (χ2n) is 15.7. The van der Waals surface area contributed by atoms with Gasteiger partial charge in [0.2, 0.25) is 0 Å². The molecule has 4 aromatic carbocycles. The number of hydrogen-bond acceptors (Lipinski definition) is 16. The first kappa shape index (κ1) is 53.4. The number of aromatic amines is 2. The average Bonchev–Trinajstić information content (AvgIpc) is 4.16. The molecule has 0 radical (unpaired) electrons. The predicted molar refractivity (Wildman–Crippen MR) is 284 cm³/mol. The van der Waals surface area contributed by atoms with Crippen LogP contribution in [-0.4, -0.2) is 54.4 Å². The lowest BCUT2D eigenvalue weighted by molar-refractivity contribution is -0.419. The third-order valence-electron chi connectivity index (χ3n) is 11.6. The van der Waals surface area contributed by atoms with Gasteiger partial charge < -0.3 is 9.97 Å². The molecule has 0 saturated heterocycles. The van der Waals surface area contributed by atoms with Gasteiger partial charge in [-0.1, -0.05) is 117 Å². The van der Waals surface area contributed by atoms with E-state index in [2.05, 4.69) is 19.9 Å². The highest BCUT2D eigenvalue weighted by molar-refractivity contribution is 6.42. The molecule has 3 aromatic heterocycles. The Bertz CT molecular complexity index is 4160. The van der Waals surface area contributed by atoms with Crippen LogP contribution in [0, 0.1) is 70.8 Å². The van der Waals surface area contributed by atoms with Crippen molar-refractivity contribution in [3.05, 3.63) is 213 Å². The normalized spacial score (nSPS) is 12.3. The van der Waals surface area contributed by atoms with Gasteiger partial charge in [-0.3, -0.25) is 70.8 Å². The molecule has 33 heteroatoms. The van der Waals surface area contributed by atoms with E-state index in [4.69, 9.17) is 92.8 Å². The van der Waals surface area contributed by atoms with Crippen molar-refractivity contribution in [3.63, 3.8) is 0 Å². The summed E-state index contributed by atoms with van der Waals surface area (Å²) in [5.74, 6) is 0. The zero-order valence-electron chi connectivity index (χ0n) is 36.8. The number of halogens is 8. The number of nitro groups is 7. The van der Waals surface area contributed by atoms with Crippen molar-refractivity contribution >= 4 is 155 Å². The Labute approximate surface area is 463 Å². The number of rotatable bonds is 11. The van der Waals surface area contributed by atoms with E-state index in [1.807, 2.05) is 0 Å². The fraction of sp³-hybridized carbons (Fsp3) is 0. The maximum Gasteiger partial charge on any atom is 0.374 e. The molecule has 8 bridgehead atoms. The summed E-state index contributed by atoms with van der Waals surface area (Å²) >= 11 is 54.1. The maximum absolute atomic E-state index is 13.7. The number of fused-ring (bicyclic) bond motifs is 8. The molecular formula is C44H15Cl8N11O14. The van der Waals surface area contributed by atoms with Gasteiger partial charge in [-0.2, -0.15) is 0 Å². The van der Waals surface area contributed by atoms with Crippen molar-refractivity contribution in [1.29, 1.82) is 0 Å². The van der Waals surface area contributed by atoms with E-state index in [1.165, 1.54) is 36.4 Å². The molecule has 5 heterocycles. The van der Waals surface area contributed by atoms with Gasteiger partial charge in [-0.25, -0.2) is 9.97 Å². The fourth-order valence-electron chi connectivity index (χ4n) is 8.80. The van der Waals surface area contributed by atoms with Crippen LogP contribution in [0.2, 0.25) is 40.2 Å². The topological polar surface area (TPSA) is 359 Å². The third-order valence-corrected chi connectivity index (χ3v) is 14.2. The van der Waals surface area contributed by atoms with E-state index in [0.717, 1.165) is 36.4 Å². The van der Waals surface area contributed by atoms with Crippen molar-refractivity contribution in [1.82, 2.24) is 19.9 Å². The second kappa shape index (κ2) is 19.9. The Morgan fingerprint density at radius 1 is 0.325 bits per heavy atom. The van der Waals surface area contributed by atoms with E-state index in [1.54, 1.807) is 0 Å². The molecule has 0 spiro atoms. The van der Waals surface area contributed by atoms with Crippen LogP contribution in [0.15, 0.2) is 78.9 Å². The molecule has 2 aliphatic heterocycles. The van der Waals surface area contributed by atoms with Crippen LogP contribution >= 0.6 is 92.8 Å². The van der Waals surface area contributed by atoms with Crippen molar-refractivity contribution < 1.29 is 34.5 Å². The quantitative estimate of drug-likeness (QED) is 0.0897. The van der Waals surface area contributed by atoms with Gasteiger partial charge in [-0.05, 0) is 48.5 Å². The maximum atomic E-state index is 13.7. The molecule has 0 aliphatic carbocycles. The monoisotopic (exact) mass is 1200 g/mol. The highest BCUT2D eigenvalue weighted by Crippen LogP contribution is 2.55. The molecular weight excluding hydrogens is 1190 g/mol. The molecule has 0 atom stereocenters. The first-order valence-corrected chi connectivity index (χ1v) is 23.6. The molecule has 0 unspecified atom stereocenters. The number of aromatic nitrogens is 4. The Hall–Kier alpha value is -8.40. The molecule has 7 aromatic rings. The minimum absolute atomic E-state index is 0.422. The van der Waals surface area contributed by atoms with Crippen LogP contribution in [0.5, 0.6) is 0 Å². The molecule has 0 saturated carbocycles. The average molecular weight is 1210 g/mol. The van der Waals surface area contributed by atoms with Gasteiger partial charge >= 0.3 is 34.2 Å². The molecule has 77 heavy (non-hydrogen) atoms. The van der Waals surface area contributed by atoms with Crippen molar-refractivity contribution in [3.8, 4) is 44.5 Å². The Kier molecular flexibility index (Phi) is 13.8. The predicted octanol–water partition coefficient (Wildman–Crippen LogP) is 14.7. The van der Waals surface area contributed by atoms with Gasteiger partial charge in [0.05, 0.1) is 80.2 Å². The largest absolute Gasteiger partial charge is 0.374 e. The van der Waals surface area contributed by atoms with Crippen LogP contribution in [0.1, 0.15) is 22.8 Å². The van der Waals surface area contributed by atoms with Crippen LogP contribution in [0.3, 0.4) is 0 Å².